The van der Waals surface area contributed by atoms with Gasteiger partial charge < -0.3 is 5.11 Å². The van der Waals surface area contributed by atoms with E-state index in [4.69, 9.17) is 5.11 Å². The predicted molar refractivity (Wildman–Crippen MR) is 66.7 cm³/mol. The molecule has 0 saturated heterocycles. The lowest BCUT2D eigenvalue weighted by atomic mass is 10.1. The van der Waals surface area contributed by atoms with Gasteiger partial charge in [-0.2, -0.15) is 11.3 Å². The Morgan fingerprint density at radius 2 is 2.33 bits per heavy atom. The predicted octanol–water partition coefficient (Wildman–Crippen LogP) is 3.13. The Hall–Kier alpha value is -0.480. The average Bonchev–Trinajstić information content (AvgIpc) is 2.63. The van der Waals surface area contributed by atoms with Gasteiger partial charge in [-0.15, -0.1) is 11.8 Å². The molecule has 0 radical (unpaired) electrons. The highest BCUT2D eigenvalue weighted by Crippen LogP contribution is 2.21. The molecule has 0 aliphatic heterocycles. The van der Waals surface area contributed by atoms with E-state index in [0.29, 0.717) is 0 Å². The summed E-state index contributed by atoms with van der Waals surface area (Å²) in [5.41, 5.74) is 1.31. The van der Waals surface area contributed by atoms with Crippen molar-refractivity contribution >= 4 is 29.1 Å². The van der Waals surface area contributed by atoms with Gasteiger partial charge >= 0.3 is 5.97 Å². The van der Waals surface area contributed by atoms with Crippen molar-refractivity contribution in [2.75, 3.05) is 5.75 Å². The molecule has 0 amide bonds. The molecule has 0 fully saturated rings. The van der Waals surface area contributed by atoms with Crippen LogP contribution in [0.3, 0.4) is 0 Å². The Morgan fingerprint density at radius 1 is 1.60 bits per heavy atom. The van der Waals surface area contributed by atoms with E-state index in [1.165, 1.54) is 5.56 Å². The summed E-state index contributed by atoms with van der Waals surface area (Å²) >= 11 is 3.23. The molecule has 1 aromatic heterocycles. The van der Waals surface area contributed by atoms with Crippen LogP contribution in [0.2, 0.25) is 0 Å². The first-order valence-corrected chi connectivity index (χ1v) is 6.96. The number of hydrogen-bond acceptors (Lipinski definition) is 3. The van der Waals surface area contributed by atoms with Gasteiger partial charge in [0.15, 0.2) is 0 Å². The van der Waals surface area contributed by atoms with E-state index in [9.17, 15) is 4.79 Å². The molecule has 0 aliphatic carbocycles. The second-order valence-corrected chi connectivity index (χ2v) is 5.78. The minimum atomic E-state index is -0.694. The van der Waals surface area contributed by atoms with Crippen LogP contribution in [0.5, 0.6) is 0 Å². The summed E-state index contributed by atoms with van der Waals surface area (Å²) in [7, 11) is 0. The lowest BCUT2D eigenvalue weighted by Crippen LogP contribution is -2.23. The van der Waals surface area contributed by atoms with E-state index >= 15 is 0 Å². The maximum Gasteiger partial charge on any atom is 0.316 e. The molecule has 0 aliphatic rings. The quantitative estimate of drug-likeness (QED) is 0.835. The molecular formula is C11H16O2S2. The number of aryl methyl sites for hydroxylation is 1. The van der Waals surface area contributed by atoms with Crippen LogP contribution < -0.4 is 0 Å². The molecule has 1 heterocycles. The van der Waals surface area contributed by atoms with Crippen molar-refractivity contribution in [3.63, 3.8) is 0 Å². The average molecular weight is 244 g/mol. The highest BCUT2D eigenvalue weighted by Gasteiger charge is 2.21. The van der Waals surface area contributed by atoms with Crippen LogP contribution in [0, 0.1) is 5.92 Å². The third-order valence-corrected chi connectivity index (χ3v) is 4.39. The molecule has 1 atom stereocenters. The molecule has 0 aromatic carbocycles. The number of carboxylic acids is 1. The van der Waals surface area contributed by atoms with Crippen molar-refractivity contribution in [1.82, 2.24) is 0 Å². The second kappa shape index (κ2) is 6.18. The van der Waals surface area contributed by atoms with Crippen molar-refractivity contribution in [2.24, 2.45) is 5.92 Å². The molecule has 0 bridgehead atoms. The van der Waals surface area contributed by atoms with E-state index in [1.807, 2.05) is 13.8 Å². The van der Waals surface area contributed by atoms with Crippen LogP contribution in [0.4, 0.5) is 0 Å². The van der Waals surface area contributed by atoms with Crippen LogP contribution in [-0.4, -0.2) is 22.1 Å². The molecule has 0 saturated carbocycles. The largest absolute Gasteiger partial charge is 0.480 e. The zero-order valence-electron chi connectivity index (χ0n) is 8.97. The maximum atomic E-state index is 10.9. The lowest BCUT2D eigenvalue weighted by Gasteiger charge is -2.15. The van der Waals surface area contributed by atoms with Gasteiger partial charge in [-0.25, -0.2) is 0 Å². The number of aliphatic carboxylic acids is 1. The molecule has 1 aromatic rings. The zero-order valence-corrected chi connectivity index (χ0v) is 10.6. The van der Waals surface area contributed by atoms with Gasteiger partial charge in [0.1, 0.15) is 5.25 Å². The third kappa shape index (κ3) is 4.26. The summed E-state index contributed by atoms with van der Waals surface area (Å²) in [5, 5.41) is 12.9. The zero-order chi connectivity index (χ0) is 11.3. The Kier molecular flexibility index (Phi) is 5.19. The van der Waals surface area contributed by atoms with E-state index in [0.717, 1.165) is 12.2 Å². The van der Waals surface area contributed by atoms with Gasteiger partial charge in [0, 0.05) is 0 Å². The Morgan fingerprint density at radius 3 is 2.80 bits per heavy atom. The van der Waals surface area contributed by atoms with E-state index in [1.54, 1.807) is 23.1 Å². The Bertz CT molecular complexity index is 294. The molecule has 2 nitrogen and oxygen atoms in total. The molecule has 1 unspecified atom stereocenters. The molecule has 84 valence electrons. The number of thiophene rings is 1. The van der Waals surface area contributed by atoms with Gasteiger partial charge in [-0.3, -0.25) is 4.79 Å². The van der Waals surface area contributed by atoms with Crippen molar-refractivity contribution in [1.29, 1.82) is 0 Å². The number of carboxylic acid groups (broad SMARTS) is 1. The first-order chi connectivity index (χ1) is 7.11. The molecule has 4 heteroatoms. The van der Waals surface area contributed by atoms with Crippen molar-refractivity contribution < 1.29 is 9.90 Å². The van der Waals surface area contributed by atoms with Gasteiger partial charge in [0.2, 0.25) is 0 Å². The van der Waals surface area contributed by atoms with Crippen molar-refractivity contribution in [3.8, 4) is 0 Å². The van der Waals surface area contributed by atoms with E-state index < -0.39 is 5.97 Å². The topological polar surface area (TPSA) is 37.3 Å². The van der Waals surface area contributed by atoms with E-state index in [2.05, 4.69) is 16.8 Å². The number of thioether (sulfide) groups is 1. The van der Waals surface area contributed by atoms with Gasteiger partial charge in [-0.1, -0.05) is 13.8 Å². The normalized spacial score (nSPS) is 13.0. The molecule has 15 heavy (non-hydrogen) atoms. The van der Waals surface area contributed by atoms with E-state index in [-0.39, 0.29) is 11.2 Å². The minimum absolute atomic E-state index is 0.190. The SMILES string of the molecule is CC(C)C(SCCc1ccsc1)C(=O)O. The minimum Gasteiger partial charge on any atom is -0.480 e. The monoisotopic (exact) mass is 244 g/mol. The number of carbonyl (C=O) groups is 1. The summed E-state index contributed by atoms with van der Waals surface area (Å²) in [4.78, 5) is 10.9. The molecule has 1 rings (SSSR count). The fraction of sp³-hybridized carbons (Fsp3) is 0.545. The molecule has 0 spiro atoms. The van der Waals surface area contributed by atoms with Crippen LogP contribution in [0.25, 0.3) is 0 Å². The summed E-state index contributed by atoms with van der Waals surface area (Å²) in [6, 6.07) is 2.09. The van der Waals surface area contributed by atoms with Gasteiger partial charge in [0.25, 0.3) is 0 Å². The second-order valence-electron chi connectivity index (χ2n) is 3.76. The van der Waals surface area contributed by atoms with Crippen molar-refractivity contribution in [2.45, 2.75) is 25.5 Å². The van der Waals surface area contributed by atoms with Crippen molar-refractivity contribution in [3.05, 3.63) is 22.4 Å². The molecular weight excluding hydrogens is 228 g/mol. The Labute approximate surface area is 98.7 Å². The summed E-state index contributed by atoms with van der Waals surface area (Å²) < 4.78 is 0. The third-order valence-electron chi connectivity index (χ3n) is 2.12. The first kappa shape index (κ1) is 12.6. The van der Waals surface area contributed by atoms with Gasteiger partial charge in [0.05, 0.1) is 0 Å². The van der Waals surface area contributed by atoms with Crippen LogP contribution in [-0.2, 0) is 11.2 Å². The lowest BCUT2D eigenvalue weighted by molar-refractivity contribution is -0.137. The fourth-order valence-electron chi connectivity index (χ4n) is 1.29. The standard InChI is InChI=1S/C11H16O2S2/c1-8(2)10(11(12)13)15-6-4-9-3-5-14-7-9/h3,5,7-8,10H,4,6H2,1-2H3,(H,12,13). The first-order valence-electron chi connectivity index (χ1n) is 4.96. The number of hydrogen-bond donors (Lipinski definition) is 1. The van der Waals surface area contributed by atoms with Crippen LogP contribution in [0.15, 0.2) is 16.8 Å². The molecule has 1 N–H and O–H groups in total. The summed E-state index contributed by atoms with van der Waals surface area (Å²) in [6.07, 6.45) is 0.963. The van der Waals surface area contributed by atoms with Crippen LogP contribution in [0.1, 0.15) is 19.4 Å². The number of rotatable bonds is 6. The fourth-order valence-corrected chi connectivity index (χ4v) is 3.13. The van der Waals surface area contributed by atoms with Crippen LogP contribution >= 0.6 is 23.1 Å². The summed E-state index contributed by atoms with van der Waals surface area (Å²) in [5.74, 6) is 0.376. The summed E-state index contributed by atoms with van der Waals surface area (Å²) in [6.45, 7) is 3.91. The highest BCUT2D eigenvalue weighted by atomic mass is 32.2. The maximum absolute atomic E-state index is 10.9. The smallest absolute Gasteiger partial charge is 0.316 e. The Balaban J connectivity index is 2.31. The van der Waals surface area contributed by atoms with Gasteiger partial charge in [-0.05, 0) is 40.5 Å². The highest BCUT2D eigenvalue weighted by molar-refractivity contribution is 8.00.